The topological polar surface area (TPSA) is 74.6 Å². The zero-order chi connectivity index (χ0) is 24.3. The van der Waals surface area contributed by atoms with Crippen molar-refractivity contribution in [2.24, 2.45) is 51.8 Å². The van der Waals surface area contributed by atoms with Gasteiger partial charge in [-0.15, -0.1) is 5.92 Å². The summed E-state index contributed by atoms with van der Waals surface area (Å²) in [5.41, 5.74) is -2.32. The average molecular weight is 467 g/mol. The highest BCUT2D eigenvalue weighted by molar-refractivity contribution is 5.90. The van der Waals surface area contributed by atoms with Crippen molar-refractivity contribution in [1.82, 2.24) is 0 Å². The Hall–Kier alpha value is -1.60. The van der Waals surface area contributed by atoms with E-state index in [1.54, 1.807) is 0 Å². The number of allylic oxidation sites excluding steroid dienone is 1. The summed E-state index contributed by atoms with van der Waals surface area (Å²) in [5.74, 6) is 6.99. The number of carboxylic acid groups (broad SMARTS) is 1. The summed E-state index contributed by atoms with van der Waals surface area (Å²) in [6.45, 7) is 6.32. The Balaban J connectivity index is 1.55. The SMILES string of the molecule is CC(C)C1=C[C@H]2C[C@]3(C=O)[C@@H]4CC[C@@H](C)[C@H]4C[C@@]2(C(O)C#CCCC2CCCCC2)[C@]13C(=O)O. The van der Waals surface area contributed by atoms with Gasteiger partial charge in [0.25, 0.3) is 0 Å². The maximum absolute atomic E-state index is 13.4. The zero-order valence-electron chi connectivity index (χ0n) is 21.2. The van der Waals surface area contributed by atoms with Crippen LogP contribution in [0.2, 0.25) is 0 Å². The van der Waals surface area contributed by atoms with Gasteiger partial charge in [0, 0.05) is 11.8 Å². The van der Waals surface area contributed by atoms with Gasteiger partial charge in [0.2, 0.25) is 0 Å². The molecule has 2 N–H and O–H groups in total. The average Bonchev–Trinajstić information content (AvgIpc) is 3.40. The van der Waals surface area contributed by atoms with E-state index in [9.17, 15) is 19.8 Å². The van der Waals surface area contributed by atoms with Gasteiger partial charge < -0.3 is 15.0 Å². The predicted octanol–water partition coefficient (Wildman–Crippen LogP) is 5.64. The molecule has 0 aliphatic heterocycles. The molecule has 0 heterocycles. The van der Waals surface area contributed by atoms with Crippen LogP contribution in [-0.2, 0) is 9.59 Å². The van der Waals surface area contributed by atoms with Gasteiger partial charge in [-0.3, -0.25) is 4.79 Å². The Morgan fingerprint density at radius 3 is 2.56 bits per heavy atom. The van der Waals surface area contributed by atoms with Crippen LogP contribution in [0.3, 0.4) is 0 Å². The molecule has 186 valence electrons. The molecular weight excluding hydrogens is 424 g/mol. The van der Waals surface area contributed by atoms with E-state index in [2.05, 4.69) is 24.8 Å². The number of aliphatic hydroxyl groups excluding tert-OH is 1. The maximum atomic E-state index is 13.4. The molecule has 4 saturated carbocycles. The highest BCUT2D eigenvalue weighted by Gasteiger charge is 2.85. The highest BCUT2D eigenvalue weighted by Crippen LogP contribution is 2.83. The third-order valence-electron chi connectivity index (χ3n) is 11.1. The molecule has 4 nitrogen and oxygen atoms in total. The summed E-state index contributed by atoms with van der Waals surface area (Å²) in [6, 6.07) is 0. The first-order valence-corrected chi connectivity index (χ1v) is 13.8. The Bertz CT molecular complexity index is 933. The summed E-state index contributed by atoms with van der Waals surface area (Å²) >= 11 is 0. The van der Waals surface area contributed by atoms with Crippen molar-refractivity contribution in [3.63, 3.8) is 0 Å². The van der Waals surface area contributed by atoms with E-state index in [4.69, 9.17) is 0 Å². The molecule has 0 aromatic carbocycles. The van der Waals surface area contributed by atoms with Crippen LogP contribution in [0.1, 0.15) is 91.4 Å². The van der Waals surface area contributed by atoms with Gasteiger partial charge in [0.15, 0.2) is 0 Å². The highest BCUT2D eigenvalue weighted by atomic mass is 16.4. The molecule has 34 heavy (non-hydrogen) atoms. The Morgan fingerprint density at radius 2 is 1.91 bits per heavy atom. The number of rotatable bonds is 6. The second kappa shape index (κ2) is 8.51. The summed E-state index contributed by atoms with van der Waals surface area (Å²) in [5, 5.41) is 22.8. The van der Waals surface area contributed by atoms with Gasteiger partial charge in [-0.25, -0.2) is 0 Å². The number of fused-ring (bicyclic) bond motifs is 2. The van der Waals surface area contributed by atoms with Crippen LogP contribution in [0.4, 0.5) is 0 Å². The van der Waals surface area contributed by atoms with Gasteiger partial charge in [0.05, 0.1) is 5.41 Å². The first-order valence-electron chi connectivity index (χ1n) is 13.8. The molecule has 0 aromatic rings. The van der Waals surface area contributed by atoms with E-state index >= 15 is 0 Å². The number of carbonyl (C=O) groups excluding carboxylic acids is 1. The van der Waals surface area contributed by atoms with Crippen LogP contribution in [0.5, 0.6) is 0 Å². The van der Waals surface area contributed by atoms with Crippen molar-refractivity contribution >= 4 is 12.3 Å². The smallest absolute Gasteiger partial charge is 0.315 e. The van der Waals surface area contributed by atoms with E-state index in [0.29, 0.717) is 18.8 Å². The van der Waals surface area contributed by atoms with E-state index in [-0.39, 0.29) is 23.7 Å². The number of aliphatic hydroxyl groups is 1. The number of carbonyl (C=O) groups is 2. The van der Waals surface area contributed by atoms with Gasteiger partial charge in [0.1, 0.15) is 17.8 Å². The van der Waals surface area contributed by atoms with Crippen LogP contribution in [0.15, 0.2) is 11.6 Å². The minimum absolute atomic E-state index is 0.0157. The van der Waals surface area contributed by atoms with Crippen molar-refractivity contribution in [3.8, 4) is 11.8 Å². The Labute approximate surface area is 205 Å². The van der Waals surface area contributed by atoms with E-state index in [1.807, 2.05) is 13.8 Å². The number of hydrogen-bond donors (Lipinski definition) is 2. The third kappa shape index (κ3) is 2.89. The molecule has 4 bridgehead atoms. The molecule has 0 amide bonds. The summed E-state index contributed by atoms with van der Waals surface area (Å²) in [7, 11) is 0. The number of aldehydes is 1. The summed E-state index contributed by atoms with van der Waals surface area (Å²) < 4.78 is 0. The van der Waals surface area contributed by atoms with Gasteiger partial charge in [-0.05, 0) is 61.2 Å². The monoisotopic (exact) mass is 466 g/mol. The van der Waals surface area contributed by atoms with Gasteiger partial charge >= 0.3 is 5.97 Å². The van der Waals surface area contributed by atoms with Crippen LogP contribution in [-0.4, -0.2) is 28.6 Å². The normalized spacial score (nSPS) is 43.7. The molecule has 5 rings (SSSR count). The number of aliphatic carboxylic acids is 1. The molecule has 5 aliphatic carbocycles. The van der Waals surface area contributed by atoms with Crippen LogP contribution >= 0.6 is 0 Å². The maximum Gasteiger partial charge on any atom is 0.315 e. The molecule has 4 fully saturated rings. The van der Waals surface area contributed by atoms with Crippen LogP contribution < -0.4 is 0 Å². The lowest BCUT2D eigenvalue weighted by atomic mass is 9.41. The van der Waals surface area contributed by atoms with Crippen molar-refractivity contribution in [2.75, 3.05) is 0 Å². The first kappa shape index (κ1) is 24.1. The second-order valence-corrected chi connectivity index (χ2v) is 12.6. The van der Waals surface area contributed by atoms with E-state index in [0.717, 1.165) is 43.5 Å². The Kier molecular flexibility index (Phi) is 6.03. The molecule has 8 atom stereocenters. The largest absolute Gasteiger partial charge is 0.481 e. The summed E-state index contributed by atoms with van der Waals surface area (Å²) in [4.78, 5) is 26.5. The number of hydrogen-bond acceptors (Lipinski definition) is 3. The fourth-order valence-corrected chi connectivity index (χ4v) is 9.81. The quantitative estimate of drug-likeness (QED) is 0.302. The lowest BCUT2D eigenvalue weighted by Crippen LogP contribution is -2.65. The molecule has 4 heteroatoms. The lowest BCUT2D eigenvalue weighted by molar-refractivity contribution is -0.188. The first-order chi connectivity index (χ1) is 16.3. The minimum atomic E-state index is -1.34. The Morgan fingerprint density at radius 1 is 1.18 bits per heavy atom. The third-order valence-corrected chi connectivity index (χ3v) is 11.1. The van der Waals surface area contributed by atoms with Crippen LogP contribution in [0.25, 0.3) is 0 Å². The minimum Gasteiger partial charge on any atom is -0.481 e. The fraction of sp³-hybridized carbons (Fsp3) is 0.800. The fourth-order valence-electron chi connectivity index (χ4n) is 9.81. The predicted molar refractivity (Wildman–Crippen MR) is 132 cm³/mol. The molecule has 5 aliphatic rings. The molecular formula is C30H42O4. The summed E-state index contributed by atoms with van der Waals surface area (Å²) in [6.07, 6.45) is 13.6. The van der Waals surface area contributed by atoms with Crippen molar-refractivity contribution < 1.29 is 19.8 Å². The van der Waals surface area contributed by atoms with Crippen molar-refractivity contribution in [1.29, 1.82) is 0 Å². The molecule has 0 radical (unpaired) electrons. The van der Waals surface area contributed by atoms with Gasteiger partial charge in [-0.1, -0.05) is 76.9 Å². The molecule has 0 spiro atoms. The lowest BCUT2D eigenvalue weighted by Gasteiger charge is -2.59. The molecule has 0 aromatic heterocycles. The zero-order valence-corrected chi connectivity index (χ0v) is 21.2. The standard InChI is InChI=1S/C30H42O4/c1-19(2)25-15-22-16-28(18-31)24-14-13-20(3)23(24)17-29(22,30(25,28)27(33)34)26(32)12-8-7-11-21-9-5-4-6-10-21/h15,18-24,26,32H,4-7,9-11,13-14,16-17H2,1-3H3,(H,33,34)/t20-,22+,23-,24-,26?,28+,29-,30+/m1/s1. The van der Waals surface area contributed by atoms with E-state index in [1.165, 1.54) is 32.1 Å². The van der Waals surface area contributed by atoms with Gasteiger partial charge in [-0.2, -0.15) is 0 Å². The number of carboxylic acids is 1. The second-order valence-electron chi connectivity index (χ2n) is 12.6. The molecule has 1 unspecified atom stereocenters. The molecule has 0 saturated heterocycles. The van der Waals surface area contributed by atoms with Crippen molar-refractivity contribution in [2.45, 2.75) is 97.5 Å². The van der Waals surface area contributed by atoms with Crippen molar-refractivity contribution in [3.05, 3.63) is 11.6 Å². The van der Waals surface area contributed by atoms with E-state index < -0.39 is 28.3 Å². The van der Waals surface area contributed by atoms with Crippen LogP contribution in [0, 0.1) is 63.6 Å².